The fraction of sp³-hybridized carbons (Fsp3) is 0.143. The lowest BCUT2D eigenvalue weighted by Gasteiger charge is -2.04. The Bertz CT molecular complexity index is 519. The molecule has 1 aromatic rings. The van der Waals surface area contributed by atoms with Crippen molar-refractivity contribution in [1.82, 2.24) is 4.72 Å². The van der Waals surface area contributed by atoms with Crippen molar-refractivity contribution in [3.63, 3.8) is 0 Å². The van der Waals surface area contributed by atoms with Crippen molar-refractivity contribution >= 4 is 33.4 Å². The predicted octanol–water partition coefficient (Wildman–Crippen LogP) is -0.108. The monoisotopic (exact) mass is 264 g/mol. The summed E-state index contributed by atoms with van der Waals surface area (Å²) < 4.78 is 29.0. The Morgan fingerprint density at radius 1 is 1.50 bits per heavy atom. The van der Waals surface area contributed by atoms with Gasteiger partial charge >= 0.3 is 12.0 Å². The quantitative estimate of drug-likeness (QED) is 0.739. The van der Waals surface area contributed by atoms with Gasteiger partial charge in [-0.05, 0) is 11.4 Å². The first-order chi connectivity index (χ1) is 7.38. The third-order valence-electron chi connectivity index (χ3n) is 1.52. The Labute approximate surface area is 95.3 Å². The van der Waals surface area contributed by atoms with Crippen molar-refractivity contribution in [2.75, 3.05) is 7.11 Å². The average Bonchev–Trinajstić information content (AvgIpc) is 2.63. The number of urea groups is 1. The van der Waals surface area contributed by atoms with Crippen LogP contribution in [0.2, 0.25) is 0 Å². The zero-order valence-electron chi connectivity index (χ0n) is 8.09. The zero-order valence-corrected chi connectivity index (χ0v) is 9.72. The SMILES string of the molecule is COC(=O)c1sccc1S(=O)(=O)NC(N)=O. The van der Waals surface area contributed by atoms with Gasteiger partial charge in [0.25, 0.3) is 10.0 Å². The van der Waals surface area contributed by atoms with Crippen LogP contribution in [0.3, 0.4) is 0 Å². The summed E-state index contributed by atoms with van der Waals surface area (Å²) >= 11 is 0.890. The van der Waals surface area contributed by atoms with E-state index in [0.29, 0.717) is 0 Å². The standard InChI is InChI=1S/C7H8N2O5S2/c1-14-6(10)5-4(2-3-15-5)16(12,13)9-7(8)11/h2-3H,1H3,(H3,8,9,11). The number of primary amides is 1. The summed E-state index contributed by atoms with van der Waals surface area (Å²) in [6.07, 6.45) is 0. The maximum atomic E-state index is 11.5. The van der Waals surface area contributed by atoms with Crippen molar-refractivity contribution < 1.29 is 22.7 Å². The highest BCUT2D eigenvalue weighted by Crippen LogP contribution is 2.22. The van der Waals surface area contributed by atoms with Gasteiger partial charge in [-0.25, -0.2) is 22.7 Å². The van der Waals surface area contributed by atoms with Crippen LogP contribution in [0.15, 0.2) is 16.3 Å². The fourth-order valence-electron chi connectivity index (χ4n) is 0.938. The van der Waals surface area contributed by atoms with Gasteiger partial charge in [-0.3, -0.25) is 0 Å². The molecule has 0 bridgehead atoms. The molecule has 0 aliphatic rings. The third kappa shape index (κ3) is 2.49. The molecule has 1 heterocycles. The topological polar surface area (TPSA) is 116 Å². The minimum Gasteiger partial charge on any atom is -0.465 e. The molecule has 0 aromatic carbocycles. The molecule has 0 saturated heterocycles. The second kappa shape index (κ2) is 4.49. The molecule has 0 aliphatic carbocycles. The molecule has 0 spiro atoms. The van der Waals surface area contributed by atoms with Crippen molar-refractivity contribution in [1.29, 1.82) is 0 Å². The van der Waals surface area contributed by atoms with Crippen LogP contribution in [-0.4, -0.2) is 27.5 Å². The van der Waals surface area contributed by atoms with Crippen LogP contribution in [0.5, 0.6) is 0 Å². The zero-order chi connectivity index (χ0) is 12.3. The van der Waals surface area contributed by atoms with Crippen LogP contribution in [0.4, 0.5) is 4.79 Å². The molecule has 1 rings (SSSR count). The molecule has 3 N–H and O–H groups in total. The van der Waals surface area contributed by atoms with Crippen molar-refractivity contribution in [2.45, 2.75) is 4.90 Å². The van der Waals surface area contributed by atoms with E-state index in [0.717, 1.165) is 18.4 Å². The van der Waals surface area contributed by atoms with E-state index >= 15 is 0 Å². The van der Waals surface area contributed by atoms with E-state index in [1.807, 2.05) is 0 Å². The Morgan fingerprint density at radius 3 is 2.62 bits per heavy atom. The van der Waals surface area contributed by atoms with Gasteiger partial charge in [-0.1, -0.05) is 0 Å². The van der Waals surface area contributed by atoms with Gasteiger partial charge in [0.1, 0.15) is 9.77 Å². The Morgan fingerprint density at radius 2 is 2.12 bits per heavy atom. The highest BCUT2D eigenvalue weighted by Gasteiger charge is 2.25. The summed E-state index contributed by atoms with van der Waals surface area (Å²) in [4.78, 5) is 21.2. The number of methoxy groups -OCH3 is 1. The molecule has 0 fully saturated rings. The Balaban J connectivity index is 3.19. The van der Waals surface area contributed by atoms with Gasteiger partial charge < -0.3 is 10.5 Å². The van der Waals surface area contributed by atoms with E-state index in [4.69, 9.17) is 5.73 Å². The number of ether oxygens (including phenoxy) is 1. The summed E-state index contributed by atoms with van der Waals surface area (Å²) in [6, 6.07) is -0.0376. The highest BCUT2D eigenvalue weighted by molar-refractivity contribution is 7.90. The van der Waals surface area contributed by atoms with Gasteiger partial charge in [0.15, 0.2) is 0 Å². The van der Waals surface area contributed by atoms with Crippen molar-refractivity contribution in [3.05, 3.63) is 16.3 Å². The predicted molar refractivity (Wildman–Crippen MR) is 55.6 cm³/mol. The Kier molecular flexibility index (Phi) is 3.50. The molecular formula is C7H8N2O5S2. The van der Waals surface area contributed by atoms with Crippen LogP contribution in [-0.2, 0) is 14.8 Å². The normalized spacial score (nSPS) is 10.8. The number of thiophene rings is 1. The first-order valence-corrected chi connectivity index (χ1v) is 6.23. The number of hydrogen-bond donors (Lipinski definition) is 2. The molecule has 16 heavy (non-hydrogen) atoms. The van der Waals surface area contributed by atoms with Gasteiger partial charge in [-0.15, -0.1) is 11.3 Å². The number of carbonyl (C=O) groups excluding carboxylic acids is 2. The summed E-state index contributed by atoms with van der Waals surface area (Å²) in [6.45, 7) is 0. The second-order valence-corrected chi connectivity index (χ2v) is 5.14. The summed E-state index contributed by atoms with van der Waals surface area (Å²) in [5, 5.41) is 1.39. The number of esters is 1. The number of rotatable bonds is 3. The summed E-state index contributed by atoms with van der Waals surface area (Å²) in [5.41, 5.74) is 4.70. The smallest absolute Gasteiger partial charge is 0.349 e. The van der Waals surface area contributed by atoms with Crippen LogP contribution in [0.25, 0.3) is 0 Å². The molecule has 9 heteroatoms. The number of nitrogens with one attached hydrogen (secondary N) is 1. The number of sulfonamides is 1. The Hall–Kier alpha value is -1.61. The van der Waals surface area contributed by atoms with Crippen LogP contribution in [0, 0.1) is 0 Å². The fourth-order valence-corrected chi connectivity index (χ4v) is 3.15. The van der Waals surface area contributed by atoms with E-state index in [2.05, 4.69) is 4.74 Å². The molecule has 7 nitrogen and oxygen atoms in total. The first kappa shape index (κ1) is 12.5. The lowest BCUT2D eigenvalue weighted by atomic mass is 10.5. The lowest BCUT2D eigenvalue weighted by molar-refractivity contribution is 0.0602. The molecule has 0 aliphatic heterocycles. The van der Waals surface area contributed by atoms with E-state index in [-0.39, 0.29) is 9.77 Å². The maximum absolute atomic E-state index is 11.5. The number of carbonyl (C=O) groups is 2. The van der Waals surface area contributed by atoms with E-state index in [9.17, 15) is 18.0 Å². The highest BCUT2D eigenvalue weighted by atomic mass is 32.2. The summed E-state index contributed by atoms with van der Waals surface area (Å²) in [7, 11) is -2.99. The molecule has 0 atom stereocenters. The van der Waals surface area contributed by atoms with Crippen LogP contribution < -0.4 is 10.5 Å². The van der Waals surface area contributed by atoms with Crippen molar-refractivity contribution in [3.8, 4) is 0 Å². The second-order valence-electron chi connectivity index (χ2n) is 2.58. The number of nitrogens with two attached hydrogens (primary N) is 1. The minimum absolute atomic E-state index is 0.115. The van der Waals surface area contributed by atoms with E-state index in [1.165, 1.54) is 11.4 Å². The molecule has 0 saturated carbocycles. The van der Waals surface area contributed by atoms with Gasteiger partial charge in [0.2, 0.25) is 0 Å². The maximum Gasteiger partial charge on any atom is 0.349 e. The van der Waals surface area contributed by atoms with Crippen LogP contribution in [0.1, 0.15) is 9.67 Å². The molecule has 1 aromatic heterocycles. The first-order valence-electron chi connectivity index (χ1n) is 3.86. The number of hydrogen-bond acceptors (Lipinski definition) is 6. The lowest BCUT2D eigenvalue weighted by Crippen LogP contribution is -2.35. The molecule has 0 unspecified atom stereocenters. The van der Waals surface area contributed by atoms with Gasteiger partial charge in [0, 0.05) is 0 Å². The van der Waals surface area contributed by atoms with Crippen molar-refractivity contribution in [2.24, 2.45) is 5.73 Å². The number of amides is 2. The minimum atomic E-state index is -4.12. The van der Waals surface area contributed by atoms with E-state index < -0.39 is 22.0 Å². The van der Waals surface area contributed by atoms with Crippen LogP contribution >= 0.6 is 11.3 Å². The third-order valence-corrected chi connectivity index (χ3v) is 3.94. The average molecular weight is 264 g/mol. The molecule has 0 radical (unpaired) electrons. The molecule has 2 amide bonds. The molecular weight excluding hydrogens is 256 g/mol. The van der Waals surface area contributed by atoms with Gasteiger partial charge in [-0.2, -0.15) is 0 Å². The molecule has 88 valence electrons. The van der Waals surface area contributed by atoms with Gasteiger partial charge in [0.05, 0.1) is 7.11 Å². The van der Waals surface area contributed by atoms with E-state index in [1.54, 1.807) is 4.72 Å². The largest absolute Gasteiger partial charge is 0.465 e. The summed E-state index contributed by atoms with van der Waals surface area (Å²) in [5.74, 6) is -0.792.